The smallest absolute Gasteiger partial charge is 0.372 e. The molecule has 0 radical (unpaired) electrons. The molecule has 0 aliphatic carbocycles. The third-order valence-electron chi connectivity index (χ3n) is 4.93. The molecule has 3 aromatic carbocycles. The van der Waals surface area contributed by atoms with E-state index in [1.807, 2.05) is 54.7 Å². The molecule has 4 aromatic rings. The lowest BCUT2D eigenvalue weighted by Crippen LogP contribution is -2.05. The lowest BCUT2D eigenvalue weighted by Gasteiger charge is -2.13. The Bertz CT molecular complexity index is 1140. The molecule has 0 spiro atoms. The first-order chi connectivity index (χ1) is 15.0. The predicted molar refractivity (Wildman–Crippen MR) is 115 cm³/mol. The molecule has 1 aromatic heterocycles. The minimum Gasteiger partial charge on any atom is -0.372 e. The molecular formula is C26H20F3NO. The zero-order valence-electron chi connectivity index (χ0n) is 16.6. The van der Waals surface area contributed by atoms with E-state index >= 15 is 0 Å². The van der Waals surface area contributed by atoms with Gasteiger partial charge in [-0.15, -0.1) is 0 Å². The maximum atomic E-state index is 12.9. The van der Waals surface area contributed by atoms with Crippen LogP contribution in [-0.4, -0.2) is 4.98 Å². The van der Waals surface area contributed by atoms with Gasteiger partial charge in [-0.05, 0) is 52.1 Å². The highest BCUT2D eigenvalue weighted by Crippen LogP contribution is 2.33. The molecule has 0 N–H and O–H groups in total. The third kappa shape index (κ3) is 5.19. The van der Waals surface area contributed by atoms with Gasteiger partial charge in [0.15, 0.2) is 0 Å². The van der Waals surface area contributed by atoms with Gasteiger partial charge in [0.05, 0.1) is 18.8 Å². The van der Waals surface area contributed by atoms with E-state index < -0.39 is 11.7 Å². The molecule has 1 heterocycles. The Hall–Kier alpha value is -3.44. The molecule has 0 saturated heterocycles. The highest BCUT2D eigenvalue weighted by molar-refractivity contribution is 5.83. The van der Waals surface area contributed by atoms with E-state index in [9.17, 15) is 13.2 Å². The Morgan fingerprint density at radius 3 is 2.13 bits per heavy atom. The maximum Gasteiger partial charge on any atom is 0.416 e. The van der Waals surface area contributed by atoms with Gasteiger partial charge in [-0.25, -0.2) is 0 Å². The highest BCUT2D eigenvalue weighted by atomic mass is 19.4. The first-order valence-corrected chi connectivity index (χ1v) is 9.83. The van der Waals surface area contributed by atoms with Crippen molar-refractivity contribution < 1.29 is 17.9 Å². The van der Waals surface area contributed by atoms with Gasteiger partial charge < -0.3 is 4.74 Å². The van der Waals surface area contributed by atoms with Crippen molar-refractivity contribution in [2.75, 3.05) is 0 Å². The number of alkyl halides is 3. The summed E-state index contributed by atoms with van der Waals surface area (Å²) in [5.41, 5.74) is 4.95. The van der Waals surface area contributed by atoms with Crippen molar-refractivity contribution in [1.29, 1.82) is 0 Å². The normalized spacial score (nSPS) is 11.5. The fraction of sp³-hybridized carbons (Fsp3) is 0.115. The zero-order valence-corrected chi connectivity index (χ0v) is 16.6. The van der Waals surface area contributed by atoms with Crippen LogP contribution in [0.1, 0.15) is 16.7 Å². The number of halogens is 3. The Kier molecular flexibility index (Phi) is 6.14. The summed E-state index contributed by atoms with van der Waals surface area (Å²) >= 11 is 0. The van der Waals surface area contributed by atoms with Gasteiger partial charge >= 0.3 is 6.18 Å². The quantitative estimate of drug-likeness (QED) is 0.331. The molecule has 31 heavy (non-hydrogen) atoms. The number of hydrogen-bond donors (Lipinski definition) is 0. The van der Waals surface area contributed by atoms with Crippen molar-refractivity contribution in [3.05, 3.63) is 114 Å². The molecule has 0 aliphatic heterocycles. The van der Waals surface area contributed by atoms with Crippen LogP contribution >= 0.6 is 0 Å². The van der Waals surface area contributed by atoms with E-state index in [2.05, 4.69) is 17.1 Å². The van der Waals surface area contributed by atoms with Crippen molar-refractivity contribution >= 4 is 0 Å². The van der Waals surface area contributed by atoms with Crippen LogP contribution < -0.4 is 0 Å². The summed E-state index contributed by atoms with van der Waals surface area (Å²) < 4.78 is 44.4. The van der Waals surface area contributed by atoms with E-state index in [0.29, 0.717) is 12.2 Å². The van der Waals surface area contributed by atoms with Crippen LogP contribution in [0.25, 0.3) is 22.3 Å². The number of aromatic nitrogens is 1. The first-order valence-electron chi connectivity index (χ1n) is 9.83. The number of pyridine rings is 1. The number of ether oxygens (including phenoxy) is 1. The second-order valence-electron chi connectivity index (χ2n) is 7.18. The largest absolute Gasteiger partial charge is 0.416 e. The SMILES string of the molecule is FC(F)(F)c1cccc(COCc2ccc(-c3ccccc3)c(-c3cccnc3)c2)c1. The molecule has 0 aliphatic rings. The molecule has 0 saturated carbocycles. The standard InChI is InChI=1S/C26H20F3NO/c27-26(28,29)23-10-4-6-19(14-23)17-31-18-20-11-12-24(21-7-2-1-3-8-21)25(15-20)22-9-5-13-30-16-22/h1-16H,17-18H2. The van der Waals surface area contributed by atoms with Crippen molar-refractivity contribution in [1.82, 2.24) is 4.98 Å². The predicted octanol–water partition coefficient (Wildman–Crippen LogP) is 7.15. The van der Waals surface area contributed by atoms with Crippen LogP contribution in [0.2, 0.25) is 0 Å². The Labute approximate surface area is 179 Å². The van der Waals surface area contributed by atoms with Crippen molar-refractivity contribution in [3.63, 3.8) is 0 Å². The summed E-state index contributed by atoms with van der Waals surface area (Å²) in [5, 5.41) is 0. The van der Waals surface area contributed by atoms with Crippen LogP contribution in [0.4, 0.5) is 13.2 Å². The van der Waals surface area contributed by atoms with Gasteiger partial charge in [0, 0.05) is 18.0 Å². The highest BCUT2D eigenvalue weighted by Gasteiger charge is 2.30. The van der Waals surface area contributed by atoms with E-state index in [-0.39, 0.29) is 6.61 Å². The Balaban J connectivity index is 1.55. The molecule has 0 unspecified atom stereocenters. The van der Waals surface area contributed by atoms with Crippen LogP contribution in [0.15, 0.2) is 97.3 Å². The van der Waals surface area contributed by atoms with Crippen molar-refractivity contribution in [2.45, 2.75) is 19.4 Å². The molecule has 0 amide bonds. The van der Waals surface area contributed by atoms with E-state index in [0.717, 1.165) is 39.9 Å². The lowest BCUT2D eigenvalue weighted by molar-refractivity contribution is -0.137. The average Bonchev–Trinajstić information content (AvgIpc) is 2.80. The van der Waals surface area contributed by atoms with Gasteiger partial charge in [0.25, 0.3) is 0 Å². The zero-order chi connectivity index (χ0) is 21.7. The van der Waals surface area contributed by atoms with Gasteiger partial charge in [0.2, 0.25) is 0 Å². The fourth-order valence-electron chi connectivity index (χ4n) is 3.44. The summed E-state index contributed by atoms with van der Waals surface area (Å²) in [6.45, 7) is 0.394. The molecule has 4 rings (SSSR count). The maximum absolute atomic E-state index is 12.9. The van der Waals surface area contributed by atoms with Crippen LogP contribution in [0, 0.1) is 0 Å². The van der Waals surface area contributed by atoms with Crippen LogP contribution in [0.3, 0.4) is 0 Å². The number of hydrogen-bond acceptors (Lipinski definition) is 2. The molecule has 5 heteroatoms. The number of benzene rings is 3. The summed E-state index contributed by atoms with van der Waals surface area (Å²) in [6.07, 6.45) is -0.815. The Morgan fingerprint density at radius 1 is 0.677 bits per heavy atom. The topological polar surface area (TPSA) is 22.1 Å². The van der Waals surface area contributed by atoms with Gasteiger partial charge in [0.1, 0.15) is 0 Å². The third-order valence-corrected chi connectivity index (χ3v) is 4.93. The van der Waals surface area contributed by atoms with E-state index in [1.54, 1.807) is 12.3 Å². The lowest BCUT2D eigenvalue weighted by atomic mass is 9.94. The van der Waals surface area contributed by atoms with E-state index in [1.165, 1.54) is 6.07 Å². The summed E-state index contributed by atoms with van der Waals surface area (Å²) in [4.78, 5) is 4.23. The van der Waals surface area contributed by atoms with E-state index in [4.69, 9.17) is 4.74 Å². The van der Waals surface area contributed by atoms with Gasteiger partial charge in [-0.2, -0.15) is 13.2 Å². The Morgan fingerprint density at radius 2 is 1.42 bits per heavy atom. The second-order valence-corrected chi connectivity index (χ2v) is 7.18. The first kappa shape index (κ1) is 20.8. The molecule has 0 bridgehead atoms. The molecule has 156 valence electrons. The second kappa shape index (κ2) is 9.14. The molecular weight excluding hydrogens is 399 g/mol. The van der Waals surface area contributed by atoms with Crippen molar-refractivity contribution in [3.8, 4) is 22.3 Å². The molecule has 2 nitrogen and oxygen atoms in total. The van der Waals surface area contributed by atoms with Gasteiger partial charge in [-0.1, -0.05) is 60.7 Å². The molecule has 0 fully saturated rings. The number of nitrogens with zero attached hydrogens (tertiary/aromatic N) is 1. The summed E-state index contributed by atoms with van der Waals surface area (Å²) in [7, 11) is 0. The molecule has 0 atom stereocenters. The van der Waals surface area contributed by atoms with Gasteiger partial charge in [-0.3, -0.25) is 4.98 Å². The van der Waals surface area contributed by atoms with Crippen LogP contribution in [0.5, 0.6) is 0 Å². The fourth-order valence-corrected chi connectivity index (χ4v) is 3.44. The van der Waals surface area contributed by atoms with Crippen molar-refractivity contribution in [2.24, 2.45) is 0 Å². The minimum absolute atomic E-state index is 0.104. The summed E-state index contributed by atoms with van der Waals surface area (Å²) in [6, 6.07) is 25.3. The minimum atomic E-state index is -4.36. The summed E-state index contributed by atoms with van der Waals surface area (Å²) in [5.74, 6) is 0. The number of rotatable bonds is 6. The average molecular weight is 419 g/mol. The van der Waals surface area contributed by atoms with Crippen LogP contribution in [-0.2, 0) is 24.1 Å². The monoisotopic (exact) mass is 419 g/mol.